The second-order valence-corrected chi connectivity index (χ2v) is 10.3. The molecule has 0 aliphatic rings. The van der Waals surface area contributed by atoms with E-state index in [2.05, 4.69) is 5.14 Å². The lowest BCUT2D eigenvalue weighted by atomic mass is 10.1. The molecule has 20 heteroatoms. The molecule has 0 radical (unpaired) electrons. The lowest BCUT2D eigenvalue weighted by Gasteiger charge is -2.12. The molecule has 0 fully saturated rings. The quantitative estimate of drug-likeness (QED) is 0.356. The number of hydrogen-bond acceptors (Lipinski definition) is 6. The van der Waals surface area contributed by atoms with Gasteiger partial charge in [0.25, 0.3) is 9.05 Å². The van der Waals surface area contributed by atoms with E-state index in [9.17, 15) is 61.5 Å². The second-order valence-electron chi connectivity index (χ2n) is 6.25. The Morgan fingerprint density at radius 1 is 0.722 bits per heavy atom. The minimum Gasteiger partial charge on any atom is -0.478 e. The van der Waals surface area contributed by atoms with Gasteiger partial charge in [-0.05, 0) is 24.3 Å². The van der Waals surface area contributed by atoms with E-state index in [0.29, 0.717) is 0 Å². The number of aromatic carboxylic acids is 2. The highest BCUT2D eigenvalue weighted by Crippen LogP contribution is 2.36. The summed E-state index contributed by atoms with van der Waals surface area (Å²) in [6.07, 6.45) is -10.3. The van der Waals surface area contributed by atoms with E-state index in [4.69, 9.17) is 20.9 Å². The van der Waals surface area contributed by atoms with Crippen LogP contribution >= 0.6 is 10.7 Å². The molecule has 200 valence electrons. The van der Waals surface area contributed by atoms with Crippen LogP contribution in [-0.4, -0.2) is 39.0 Å². The summed E-state index contributed by atoms with van der Waals surface area (Å²) >= 11 is 0. The van der Waals surface area contributed by atoms with Crippen molar-refractivity contribution in [2.24, 2.45) is 5.14 Å². The summed E-state index contributed by atoms with van der Waals surface area (Å²) < 4.78 is 144. The van der Waals surface area contributed by atoms with E-state index in [1.165, 1.54) is 0 Å². The van der Waals surface area contributed by atoms with Crippen LogP contribution in [0.4, 0.5) is 35.1 Å². The lowest BCUT2D eigenvalue weighted by Crippen LogP contribution is -2.19. The fourth-order valence-electron chi connectivity index (χ4n) is 2.33. The van der Waals surface area contributed by atoms with Crippen LogP contribution in [0, 0.1) is 11.6 Å². The number of carboxylic acids is 2. The monoisotopic (exact) mass is 593 g/mol. The highest BCUT2D eigenvalue weighted by atomic mass is 35.7. The van der Waals surface area contributed by atoms with Crippen molar-refractivity contribution in [3.05, 3.63) is 58.2 Å². The Hall–Kier alpha value is -3.03. The van der Waals surface area contributed by atoms with Crippen molar-refractivity contribution in [3.8, 4) is 0 Å². The van der Waals surface area contributed by atoms with E-state index in [1.807, 2.05) is 0 Å². The predicted molar refractivity (Wildman–Crippen MR) is 101 cm³/mol. The maximum absolute atomic E-state index is 13.2. The molecule has 2 aromatic carbocycles. The van der Waals surface area contributed by atoms with Crippen LogP contribution < -0.4 is 5.14 Å². The average Bonchev–Trinajstić information content (AvgIpc) is 2.64. The Morgan fingerprint density at radius 2 is 1.03 bits per heavy atom. The van der Waals surface area contributed by atoms with Crippen molar-refractivity contribution in [1.29, 1.82) is 0 Å². The van der Waals surface area contributed by atoms with Gasteiger partial charge in [0, 0.05) is 10.7 Å². The molecule has 0 spiro atoms. The molecule has 0 aliphatic heterocycles. The van der Waals surface area contributed by atoms with Crippen molar-refractivity contribution < 1.29 is 71.8 Å². The van der Waals surface area contributed by atoms with Crippen molar-refractivity contribution in [1.82, 2.24) is 0 Å². The van der Waals surface area contributed by atoms with Crippen molar-refractivity contribution >= 4 is 41.7 Å². The molecule has 0 amide bonds. The van der Waals surface area contributed by atoms with E-state index in [1.54, 1.807) is 0 Å². The zero-order chi connectivity index (χ0) is 28.6. The third kappa shape index (κ3) is 7.48. The Morgan fingerprint density at radius 3 is 1.28 bits per heavy atom. The topological polar surface area (TPSA) is 169 Å². The fourth-order valence-corrected chi connectivity index (χ4v) is 3.85. The van der Waals surface area contributed by atoms with Gasteiger partial charge in [0.2, 0.25) is 10.0 Å². The Kier molecular flexibility index (Phi) is 8.74. The molecule has 2 rings (SSSR count). The first-order valence-corrected chi connectivity index (χ1v) is 12.0. The number of primary sulfonamides is 1. The number of hydrogen-bond donors (Lipinski definition) is 3. The molecule has 0 atom stereocenters. The highest BCUT2D eigenvalue weighted by Gasteiger charge is 2.38. The van der Waals surface area contributed by atoms with Crippen LogP contribution in [0.3, 0.4) is 0 Å². The third-order valence-electron chi connectivity index (χ3n) is 3.78. The number of nitrogens with two attached hydrogens (primary N) is 1. The molecule has 0 heterocycles. The molecule has 0 aliphatic carbocycles. The molecule has 0 saturated heterocycles. The zero-order valence-corrected chi connectivity index (χ0v) is 18.8. The summed E-state index contributed by atoms with van der Waals surface area (Å²) in [5.41, 5.74) is -6.38. The number of carbonyl (C=O) groups is 2. The van der Waals surface area contributed by atoms with Crippen molar-refractivity contribution in [3.63, 3.8) is 0 Å². The highest BCUT2D eigenvalue weighted by molar-refractivity contribution is 8.13. The first-order chi connectivity index (χ1) is 15.9. The van der Waals surface area contributed by atoms with Gasteiger partial charge in [0.05, 0.1) is 22.3 Å². The molecule has 36 heavy (non-hydrogen) atoms. The number of sulfonamides is 1. The van der Waals surface area contributed by atoms with Gasteiger partial charge < -0.3 is 10.2 Å². The first-order valence-electron chi connectivity index (χ1n) is 8.14. The molecular formula is C16H8ClF8NO8S2. The van der Waals surface area contributed by atoms with Crippen LogP contribution in [0.5, 0.6) is 0 Å². The largest absolute Gasteiger partial charge is 0.478 e. The van der Waals surface area contributed by atoms with Crippen LogP contribution in [0.25, 0.3) is 0 Å². The first kappa shape index (κ1) is 31.0. The summed E-state index contributed by atoms with van der Waals surface area (Å²) in [6.45, 7) is 0. The molecular weight excluding hydrogens is 586 g/mol. The summed E-state index contributed by atoms with van der Waals surface area (Å²) in [4.78, 5) is 18.6. The minimum atomic E-state index is -5.14. The number of halogens is 9. The Balaban J connectivity index is 0.000000360. The smallest absolute Gasteiger partial charge is 0.417 e. The van der Waals surface area contributed by atoms with Crippen molar-refractivity contribution in [2.45, 2.75) is 22.1 Å². The number of carboxylic acid groups (broad SMARTS) is 2. The van der Waals surface area contributed by atoms with Gasteiger partial charge in [0.1, 0.15) is 21.4 Å². The van der Waals surface area contributed by atoms with Gasteiger partial charge in [-0.2, -0.15) is 26.3 Å². The van der Waals surface area contributed by atoms with Crippen LogP contribution in [0.15, 0.2) is 34.1 Å². The average molecular weight is 594 g/mol. The minimum absolute atomic E-state index is 0.0306. The Labute approximate surface area is 199 Å². The summed E-state index contributed by atoms with van der Waals surface area (Å²) in [5, 5.41) is 21.6. The molecule has 0 saturated carbocycles. The van der Waals surface area contributed by atoms with Gasteiger partial charge in [-0.15, -0.1) is 0 Å². The third-order valence-corrected chi connectivity index (χ3v) is 6.05. The maximum Gasteiger partial charge on any atom is 0.417 e. The van der Waals surface area contributed by atoms with E-state index in [0.717, 1.165) is 0 Å². The molecule has 9 nitrogen and oxygen atoms in total. The summed E-state index contributed by atoms with van der Waals surface area (Å²) in [5.74, 6) is -7.65. The van der Waals surface area contributed by atoms with Gasteiger partial charge in [0.15, 0.2) is 0 Å². The lowest BCUT2D eigenvalue weighted by molar-refractivity contribution is -0.139. The fraction of sp³-hybridized carbons (Fsp3) is 0.125. The van der Waals surface area contributed by atoms with E-state index < -0.39 is 87.0 Å². The predicted octanol–water partition coefficient (Wildman–Crippen LogP) is 3.66. The van der Waals surface area contributed by atoms with Gasteiger partial charge in [-0.1, -0.05) is 0 Å². The van der Waals surface area contributed by atoms with E-state index in [-0.39, 0.29) is 24.3 Å². The molecule has 0 bridgehead atoms. The van der Waals surface area contributed by atoms with Gasteiger partial charge in [-0.3, -0.25) is 0 Å². The van der Waals surface area contributed by atoms with Gasteiger partial charge >= 0.3 is 24.3 Å². The standard InChI is InChI=1S/C8H3ClF4O4S.C8H5F4NO4S/c9-18(16,17)6-1-3(7(14)15)4(2-5(6)10)8(11,12)13;9-5-2-4(8(10,11)12)3(7(14)15)1-6(5)18(13,16)17/h1-2H,(H,14,15);1-2H,(H,14,15)(H2,13,16,17). The Bertz CT molecular complexity index is 1330. The van der Waals surface area contributed by atoms with Gasteiger partial charge in [-0.25, -0.2) is 40.3 Å². The molecule has 4 N–H and O–H groups in total. The summed E-state index contributed by atoms with van der Waals surface area (Å²) in [6, 6.07) is -0.374. The van der Waals surface area contributed by atoms with Crippen LogP contribution in [0.2, 0.25) is 0 Å². The molecule has 2 aromatic rings. The zero-order valence-electron chi connectivity index (χ0n) is 16.4. The SMILES string of the molecule is NS(=O)(=O)c1cc(C(=O)O)c(C(F)(F)F)cc1F.O=C(O)c1cc(S(=O)(=O)Cl)c(F)cc1C(F)(F)F. The molecule has 0 aromatic heterocycles. The number of benzene rings is 2. The second kappa shape index (κ2) is 10.1. The summed E-state index contributed by atoms with van der Waals surface area (Å²) in [7, 11) is -4.58. The normalized spacial score (nSPS) is 12.5. The maximum atomic E-state index is 13.2. The number of rotatable bonds is 4. The molecule has 0 unspecified atom stereocenters. The van der Waals surface area contributed by atoms with Crippen LogP contribution in [-0.2, 0) is 31.4 Å². The number of alkyl halides is 6. The van der Waals surface area contributed by atoms with Crippen LogP contribution in [0.1, 0.15) is 31.8 Å². The van der Waals surface area contributed by atoms with Crippen molar-refractivity contribution in [2.75, 3.05) is 0 Å². The van der Waals surface area contributed by atoms with E-state index >= 15 is 0 Å².